The third kappa shape index (κ3) is 5.54. The Hall–Kier alpha value is -1.92. The molecule has 1 aromatic carbocycles. The number of benzene rings is 1. The van der Waals surface area contributed by atoms with E-state index in [1.165, 1.54) is 6.92 Å². The second kappa shape index (κ2) is 9.69. The Morgan fingerprint density at radius 1 is 1.27 bits per heavy atom. The second-order valence-corrected chi connectivity index (χ2v) is 6.94. The summed E-state index contributed by atoms with van der Waals surface area (Å²) in [5, 5.41) is 2.77. The molecule has 0 radical (unpaired) electrons. The van der Waals surface area contributed by atoms with Crippen LogP contribution in [0.1, 0.15) is 38.7 Å². The summed E-state index contributed by atoms with van der Waals surface area (Å²) in [6.45, 7) is 6.71. The van der Waals surface area contributed by atoms with Crippen molar-refractivity contribution in [1.29, 1.82) is 0 Å². The Labute approximate surface area is 155 Å². The molecule has 26 heavy (non-hydrogen) atoms. The largest absolute Gasteiger partial charge is 0.466 e. The van der Waals surface area contributed by atoms with Gasteiger partial charge >= 0.3 is 5.97 Å². The first-order chi connectivity index (χ1) is 12.5. The number of anilines is 1. The summed E-state index contributed by atoms with van der Waals surface area (Å²) in [5.41, 5.74) is 1.46. The molecule has 6 nitrogen and oxygen atoms in total. The summed E-state index contributed by atoms with van der Waals surface area (Å²) in [4.78, 5) is 26.1. The third-order valence-corrected chi connectivity index (χ3v) is 4.83. The summed E-state index contributed by atoms with van der Waals surface area (Å²) in [6.07, 6.45) is 2.49. The highest BCUT2D eigenvalue weighted by Crippen LogP contribution is 2.35. The first-order valence-electron chi connectivity index (χ1n) is 9.24. The molecule has 1 amide bonds. The maximum atomic E-state index is 12.6. The van der Waals surface area contributed by atoms with Crippen molar-refractivity contribution in [2.24, 2.45) is 5.41 Å². The zero-order valence-electron chi connectivity index (χ0n) is 16.0. The molecule has 1 fully saturated rings. The number of piperidine rings is 1. The van der Waals surface area contributed by atoms with Crippen molar-refractivity contribution in [3.8, 4) is 0 Å². The minimum Gasteiger partial charge on any atom is -0.466 e. The molecule has 0 spiro atoms. The van der Waals surface area contributed by atoms with E-state index in [1.54, 1.807) is 7.11 Å². The van der Waals surface area contributed by atoms with Crippen LogP contribution >= 0.6 is 0 Å². The van der Waals surface area contributed by atoms with E-state index >= 15 is 0 Å². The molecule has 0 aliphatic carbocycles. The van der Waals surface area contributed by atoms with Crippen LogP contribution in [0.5, 0.6) is 0 Å². The van der Waals surface area contributed by atoms with Gasteiger partial charge in [-0.05, 0) is 50.4 Å². The number of hydrogen-bond donors (Lipinski definition) is 1. The number of amides is 1. The van der Waals surface area contributed by atoms with E-state index in [0.717, 1.165) is 37.2 Å². The van der Waals surface area contributed by atoms with Gasteiger partial charge in [0.05, 0.1) is 12.0 Å². The van der Waals surface area contributed by atoms with Crippen LogP contribution in [0, 0.1) is 5.41 Å². The molecular formula is C20H30N2O4. The van der Waals surface area contributed by atoms with Crippen molar-refractivity contribution in [1.82, 2.24) is 4.90 Å². The number of esters is 1. The van der Waals surface area contributed by atoms with Crippen LogP contribution in [0.2, 0.25) is 0 Å². The molecule has 0 aromatic heterocycles. The van der Waals surface area contributed by atoms with E-state index in [9.17, 15) is 9.59 Å². The molecule has 1 saturated heterocycles. The van der Waals surface area contributed by atoms with Gasteiger partial charge in [0.1, 0.15) is 0 Å². The lowest BCUT2D eigenvalue weighted by molar-refractivity contribution is -0.160. The predicted molar refractivity (Wildman–Crippen MR) is 101 cm³/mol. The minimum atomic E-state index is -0.486. The van der Waals surface area contributed by atoms with Gasteiger partial charge in [-0.1, -0.05) is 12.1 Å². The molecule has 0 saturated carbocycles. The van der Waals surface area contributed by atoms with E-state index in [4.69, 9.17) is 9.47 Å². The summed E-state index contributed by atoms with van der Waals surface area (Å²) >= 11 is 0. The molecule has 1 aliphatic heterocycles. The van der Waals surface area contributed by atoms with Gasteiger partial charge in [0.15, 0.2) is 0 Å². The monoisotopic (exact) mass is 362 g/mol. The SMILES string of the molecule is CCOC(=O)[C@]1(CCOC)CCCN(Cc2ccc(NC(C)=O)cc2)C1. The van der Waals surface area contributed by atoms with Crippen LogP contribution in [0.3, 0.4) is 0 Å². The van der Waals surface area contributed by atoms with Crippen molar-refractivity contribution < 1.29 is 19.1 Å². The Kier molecular flexibility index (Phi) is 7.60. The molecule has 0 bridgehead atoms. The molecule has 2 rings (SSSR count). The highest BCUT2D eigenvalue weighted by molar-refractivity contribution is 5.88. The fraction of sp³-hybridized carbons (Fsp3) is 0.600. The van der Waals surface area contributed by atoms with Crippen LogP contribution in [-0.2, 0) is 25.6 Å². The molecule has 144 valence electrons. The number of nitrogens with zero attached hydrogens (tertiary/aromatic N) is 1. The zero-order chi connectivity index (χ0) is 19.0. The van der Waals surface area contributed by atoms with Gasteiger partial charge in [-0.25, -0.2) is 0 Å². The van der Waals surface area contributed by atoms with Crippen molar-refractivity contribution >= 4 is 17.6 Å². The highest BCUT2D eigenvalue weighted by Gasteiger charge is 2.43. The maximum absolute atomic E-state index is 12.6. The fourth-order valence-electron chi connectivity index (χ4n) is 3.57. The smallest absolute Gasteiger partial charge is 0.313 e. The van der Waals surface area contributed by atoms with E-state index in [2.05, 4.69) is 10.2 Å². The average molecular weight is 362 g/mol. The Morgan fingerprint density at radius 3 is 2.62 bits per heavy atom. The normalized spacial score (nSPS) is 20.6. The lowest BCUT2D eigenvalue weighted by Crippen LogP contribution is -2.48. The van der Waals surface area contributed by atoms with Crippen LogP contribution < -0.4 is 5.32 Å². The maximum Gasteiger partial charge on any atom is 0.313 e. The molecule has 1 N–H and O–H groups in total. The highest BCUT2D eigenvalue weighted by atomic mass is 16.5. The van der Waals surface area contributed by atoms with Crippen LogP contribution in [0.4, 0.5) is 5.69 Å². The minimum absolute atomic E-state index is 0.0776. The van der Waals surface area contributed by atoms with Crippen LogP contribution in [-0.4, -0.2) is 50.2 Å². The summed E-state index contributed by atoms with van der Waals surface area (Å²) in [7, 11) is 1.66. The number of likely N-dealkylation sites (tertiary alicyclic amines) is 1. The van der Waals surface area contributed by atoms with Crippen molar-refractivity contribution in [2.75, 3.05) is 38.7 Å². The Bertz CT molecular complexity index is 602. The molecule has 0 unspecified atom stereocenters. The lowest BCUT2D eigenvalue weighted by Gasteiger charge is -2.41. The quantitative estimate of drug-likeness (QED) is 0.720. The number of hydrogen-bond acceptors (Lipinski definition) is 5. The number of ether oxygens (including phenoxy) is 2. The van der Waals surface area contributed by atoms with Gasteiger partial charge in [-0.3, -0.25) is 14.5 Å². The second-order valence-electron chi connectivity index (χ2n) is 6.94. The third-order valence-electron chi connectivity index (χ3n) is 4.83. The van der Waals surface area contributed by atoms with E-state index in [1.807, 2.05) is 31.2 Å². The van der Waals surface area contributed by atoms with E-state index < -0.39 is 5.41 Å². The summed E-state index contributed by atoms with van der Waals surface area (Å²) < 4.78 is 10.6. The van der Waals surface area contributed by atoms with E-state index in [-0.39, 0.29) is 11.9 Å². The molecule has 1 aromatic rings. The number of carbonyl (C=O) groups excluding carboxylic acids is 2. The average Bonchev–Trinajstić information content (AvgIpc) is 2.62. The molecular weight excluding hydrogens is 332 g/mol. The molecule has 6 heteroatoms. The standard InChI is InChI=1S/C20H30N2O4/c1-4-26-19(24)20(11-13-25-3)10-5-12-22(15-20)14-17-6-8-18(9-7-17)21-16(2)23/h6-9H,4-5,10-15H2,1-3H3,(H,21,23)/t20-/m0/s1. The van der Waals surface area contributed by atoms with Gasteiger partial charge in [0.2, 0.25) is 5.91 Å². The van der Waals surface area contributed by atoms with Gasteiger partial charge in [0, 0.05) is 39.4 Å². The predicted octanol–water partition coefficient (Wildman–Crippen LogP) is 2.83. The van der Waals surface area contributed by atoms with E-state index in [0.29, 0.717) is 26.2 Å². The van der Waals surface area contributed by atoms with Crippen LogP contribution in [0.15, 0.2) is 24.3 Å². The summed E-state index contributed by atoms with van der Waals surface area (Å²) in [6, 6.07) is 7.84. The van der Waals surface area contributed by atoms with Crippen molar-refractivity contribution in [2.45, 2.75) is 39.7 Å². The molecule has 1 aliphatic rings. The molecule has 1 heterocycles. The number of rotatable bonds is 8. The lowest BCUT2D eigenvalue weighted by atomic mass is 9.77. The Morgan fingerprint density at radius 2 is 2.00 bits per heavy atom. The number of nitrogens with one attached hydrogen (secondary N) is 1. The Balaban J connectivity index is 2.04. The summed E-state index contributed by atoms with van der Waals surface area (Å²) in [5.74, 6) is -0.186. The molecule has 1 atom stereocenters. The first-order valence-corrected chi connectivity index (χ1v) is 9.24. The van der Waals surface area contributed by atoms with Gasteiger partial charge < -0.3 is 14.8 Å². The fourth-order valence-corrected chi connectivity index (χ4v) is 3.57. The van der Waals surface area contributed by atoms with Crippen molar-refractivity contribution in [3.05, 3.63) is 29.8 Å². The number of methoxy groups -OCH3 is 1. The first kappa shape index (κ1) is 20.4. The number of carbonyl (C=O) groups is 2. The topological polar surface area (TPSA) is 67.9 Å². The van der Waals surface area contributed by atoms with Gasteiger partial charge in [-0.15, -0.1) is 0 Å². The van der Waals surface area contributed by atoms with Crippen LogP contribution in [0.25, 0.3) is 0 Å². The van der Waals surface area contributed by atoms with Gasteiger partial charge in [-0.2, -0.15) is 0 Å². The van der Waals surface area contributed by atoms with Crippen molar-refractivity contribution in [3.63, 3.8) is 0 Å². The van der Waals surface area contributed by atoms with Gasteiger partial charge in [0.25, 0.3) is 0 Å². The zero-order valence-corrected chi connectivity index (χ0v) is 16.0.